The Bertz CT molecular complexity index is 642. The average molecular weight is 426 g/mol. The highest BCUT2D eigenvalue weighted by Gasteiger charge is 2.36. The zero-order valence-electron chi connectivity index (χ0n) is 17.3. The molecule has 30 heavy (non-hydrogen) atoms. The van der Waals surface area contributed by atoms with E-state index in [0.717, 1.165) is 25.7 Å². The highest BCUT2D eigenvalue weighted by Crippen LogP contribution is 2.28. The monoisotopic (exact) mass is 426 g/mol. The second-order valence-electron chi connectivity index (χ2n) is 7.89. The molecule has 0 unspecified atom stereocenters. The van der Waals surface area contributed by atoms with Crippen LogP contribution in [0.25, 0.3) is 0 Å². The van der Waals surface area contributed by atoms with Crippen molar-refractivity contribution in [1.82, 2.24) is 21.3 Å². The molecule has 6 N–H and O–H groups in total. The Morgan fingerprint density at radius 2 is 1.77 bits per heavy atom. The van der Waals surface area contributed by atoms with Crippen LogP contribution >= 0.6 is 0 Å². The van der Waals surface area contributed by atoms with Crippen LogP contribution in [0.5, 0.6) is 0 Å². The van der Waals surface area contributed by atoms with Crippen molar-refractivity contribution in [3.8, 4) is 0 Å². The van der Waals surface area contributed by atoms with Crippen LogP contribution in [0.2, 0.25) is 0 Å². The van der Waals surface area contributed by atoms with Crippen LogP contribution in [0.1, 0.15) is 46.0 Å². The van der Waals surface area contributed by atoms with Gasteiger partial charge in [-0.15, -0.1) is 0 Å². The van der Waals surface area contributed by atoms with Gasteiger partial charge in [0.05, 0.1) is 18.6 Å². The Labute approximate surface area is 175 Å². The Hall–Kier alpha value is -2.18. The molecule has 4 amide bonds. The third kappa shape index (κ3) is 6.96. The molecular formula is C18H31BN4O7. The molecule has 11 nitrogen and oxygen atoms in total. The van der Waals surface area contributed by atoms with Crippen molar-refractivity contribution in [1.29, 1.82) is 0 Å². The highest BCUT2D eigenvalue weighted by atomic mass is 16.5. The van der Waals surface area contributed by atoms with E-state index in [0.29, 0.717) is 13.0 Å². The Balaban J connectivity index is 1.91. The molecule has 0 radical (unpaired) electrons. The molecule has 0 bridgehead atoms. The van der Waals surface area contributed by atoms with Gasteiger partial charge in [0.15, 0.2) is 0 Å². The molecular weight excluding hydrogens is 395 g/mol. The van der Waals surface area contributed by atoms with Gasteiger partial charge < -0.3 is 36.1 Å². The van der Waals surface area contributed by atoms with Gasteiger partial charge in [0.25, 0.3) is 0 Å². The smallest absolute Gasteiger partial charge is 0.426 e. The number of aliphatic hydroxyl groups is 1. The van der Waals surface area contributed by atoms with Gasteiger partial charge in [0, 0.05) is 13.5 Å². The molecule has 2 fully saturated rings. The standard InChI is InChI=1S/C18H31BN4O7/c1-10(24)15(17(27)20-9-14(26)22-13-7-8-30-19(13)29)23-18(28)16(21-11(2)25)12-5-3-4-6-12/h10,12-13,15-16,24,29H,3-9H2,1-2H3,(H,20,27)(H,21,25)(H,22,26)(H,23,28)/t10-,13+,15+,16+/m1/s1. The number of hydrogen-bond donors (Lipinski definition) is 6. The first-order valence-electron chi connectivity index (χ1n) is 10.3. The molecule has 12 heteroatoms. The fraction of sp³-hybridized carbons (Fsp3) is 0.778. The normalized spacial score (nSPS) is 22.1. The summed E-state index contributed by atoms with van der Waals surface area (Å²) in [4.78, 5) is 48.7. The van der Waals surface area contributed by atoms with E-state index in [1.807, 2.05) is 0 Å². The summed E-state index contributed by atoms with van der Waals surface area (Å²) in [6, 6.07) is -2.07. The molecule has 168 valence electrons. The van der Waals surface area contributed by atoms with Crippen molar-refractivity contribution in [3.05, 3.63) is 0 Å². The average Bonchev–Trinajstić information content (AvgIpc) is 3.34. The lowest BCUT2D eigenvalue weighted by molar-refractivity contribution is -0.135. The Morgan fingerprint density at radius 3 is 2.30 bits per heavy atom. The maximum Gasteiger partial charge on any atom is 0.478 e. The molecule has 1 aliphatic carbocycles. The largest absolute Gasteiger partial charge is 0.478 e. The summed E-state index contributed by atoms with van der Waals surface area (Å²) in [5.74, 6) is -2.74. The first-order valence-corrected chi connectivity index (χ1v) is 10.3. The molecule has 1 saturated heterocycles. The topological polar surface area (TPSA) is 166 Å². The molecule has 2 rings (SSSR count). The summed E-state index contributed by atoms with van der Waals surface area (Å²) in [5, 5.41) is 29.6. The lowest BCUT2D eigenvalue weighted by Gasteiger charge is -2.27. The predicted octanol–water partition coefficient (Wildman–Crippen LogP) is -2.41. The van der Waals surface area contributed by atoms with Crippen molar-refractivity contribution >= 4 is 30.7 Å². The molecule has 1 aliphatic heterocycles. The zero-order chi connectivity index (χ0) is 22.3. The summed E-state index contributed by atoms with van der Waals surface area (Å²) in [6.07, 6.45) is 2.75. The van der Waals surface area contributed by atoms with Gasteiger partial charge in [0.2, 0.25) is 23.6 Å². The molecule has 1 saturated carbocycles. The second kappa shape index (κ2) is 11.3. The molecule has 2 aliphatic rings. The number of amides is 4. The summed E-state index contributed by atoms with van der Waals surface area (Å²) in [5.41, 5.74) is 0. The molecule has 0 aromatic carbocycles. The van der Waals surface area contributed by atoms with Gasteiger partial charge in [0.1, 0.15) is 12.1 Å². The quantitative estimate of drug-likeness (QED) is 0.223. The fourth-order valence-corrected chi connectivity index (χ4v) is 3.81. The maximum atomic E-state index is 12.8. The minimum absolute atomic E-state index is 0.0301. The van der Waals surface area contributed by atoms with Gasteiger partial charge in [-0.05, 0) is 32.1 Å². The first kappa shape index (κ1) is 24.1. The minimum atomic E-state index is -1.29. The van der Waals surface area contributed by atoms with Crippen molar-refractivity contribution in [2.24, 2.45) is 5.92 Å². The zero-order valence-corrected chi connectivity index (χ0v) is 17.3. The van der Waals surface area contributed by atoms with Gasteiger partial charge in [-0.3, -0.25) is 19.2 Å². The Kier molecular flexibility index (Phi) is 9.06. The van der Waals surface area contributed by atoms with Gasteiger partial charge >= 0.3 is 7.12 Å². The lowest BCUT2D eigenvalue weighted by atomic mass is 9.80. The van der Waals surface area contributed by atoms with E-state index in [2.05, 4.69) is 21.3 Å². The van der Waals surface area contributed by atoms with E-state index in [-0.39, 0.29) is 18.4 Å². The first-order chi connectivity index (χ1) is 14.2. The summed E-state index contributed by atoms with van der Waals surface area (Å²) in [6.45, 7) is 2.60. The predicted molar refractivity (Wildman–Crippen MR) is 107 cm³/mol. The van der Waals surface area contributed by atoms with E-state index in [9.17, 15) is 29.3 Å². The van der Waals surface area contributed by atoms with Crippen molar-refractivity contribution in [3.63, 3.8) is 0 Å². The molecule has 0 aromatic heterocycles. The summed E-state index contributed by atoms with van der Waals surface area (Å²) in [7, 11) is -1.09. The van der Waals surface area contributed by atoms with Crippen LogP contribution in [-0.4, -0.2) is 78.2 Å². The van der Waals surface area contributed by atoms with Crippen molar-refractivity contribution in [2.45, 2.75) is 70.1 Å². The van der Waals surface area contributed by atoms with E-state index in [1.54, 1.807) is 0 Å². The molecule has 1 heterocycles. The van der Waals surface area contributed by atoms with Gasteiger partial charge in [-0.1, -0.05) is 12.8 Å². The van der Waals surface area contributed by atoms with E-state index in [1.165, 1.54) is 13.8 Å². The lowest BCUT2D eigenvalue weighted by Crippen LogP contribution is -2.59. The molecule has 0 spiro atoms. The number of hydrogen-bond acceptors (Lipinski definition) is 7. The van der Waals surface area contributed by atoms with Crippen molar-refractivity contribution < 1.29 is 34.0 Å². The van der Waals surface area contributed by atoms with Crippen molar-refractivity contribution in [2.75, 3.05) is 13.2 Å². The van der Waals surface area contributed by atoms with Crippen LogP contribution in [0.3, 0.4) is 0 Å². The van der Waals surface area contributed by atoms with Gasteiger partial charge in [-0.2, -0.15) is 0 Å². The van der Waals surface area contributed by atoms with E-state index < -0.39 is 49.0 Å². The van der Waals surface area contributed by atoms with Crippen LogP contribution in [0.15, 0.2) is 0 Å². The fourth-order valence-electron chi connectivity index (χ4n) is 3.81. The van der Waals surface area contributed by atoms with E-state index in [4.69, 9.17) is 4.65 Å². The maximum absolute atomic E-state index is 12.8. The minimum Gasteiger partial charge on any atom is -0.426 e. The third-order valence-corrected chi connectivity index (χ3v) is 5.41. The number of nitrogens with one attached hydrogen (secondary N) is 4. The Morgan fingerprint density at radius 1 is 1.10 bits per heavy atom. The molecule has 4 atom stereocenters. The van der Waals surface area contributed by atoms with Crippen LogP contribution in [0, 0.1) is 5.92 Å². The van der Waals surface area contributed by atoms with Crippen LogP contribution < -0.4 is 21.3 Å². The van der Waals surface area contributed by atoms with Crippen LogP contribution in [-0.2, 0) is 23.8 Å². The van der Waals surface area contributed by atoms with E-state index >= 15 is 0 Å². The van der Waals surface area contributed by atoms with Crippen LogP contribution in [0.4, 0.5) is 0 Å². The number of carbonyl (C=O) groups excluding carboxylic acids is 4. The second-order valence-corrected chi connectivity index (χ2v) is 7.89. The molecule has 0 aromatic rings. The van der Waals surface area contributed by atoms with Gasteiger partial charge in [-0.25, -0.2) is 0 Å². The summed E-state index contributed by atoms with van der Waals surface area (Å²) < 4.78 is 4.94. The highest BCUT2D eigenvalue weighted by molar-refractivity contribution is 6.46. The number of rotatable bonds is 9. The summed E-state index contributed by atoms with van der Waals surface area (Å²) >= 11 is 0. The SMILES string of the molecule is CC(=O)N[C@H](C(=O)N[C@H](C(=O)NCC(=O)N[C@H]1CCOB1O)[C@@H](C)O)C1CCCC1. The number of aliphatic hydroxyl groups excluding tert-OH is 1. The third-order valence-electron chi connectivity index (χ3n) is 5.41. The number of carbonyl (C=O) groups is 4.